The first kappa shape index (κ1) is 21.7. The molecular weight excluding hydrogens is 322 g/mol. The van der Waals surface area contributed by atoms with Gasteiger partial charge in [-0.05, 0) is 63.7 Å². The first-order valence-electron chi connectivity index (χ1n) is 11.4. The van der Waals surface area contributed by atoms with Gasteiger partial charge in [-0.25, -0.2) is 0 Å². The summed E-state index contributed by atoms with van der Waals surface area (Å²) in [5, 5.41) is 9.49. The van der Waals surface area contributed by atoms with Crippen LogP contribution in [0.2, 0.25) is 0 Å². The smallest absolute Gasteiger partial charge is 0.147 e. The van der Waals surface area contributed by atoms with Crippen LogP contribution in [0.4, 0.5) is 0 Å². The van der Waals surface area contributed by atoms with Gasteiger partial charge in [-0.3, -0.25) is 0 Å². The third kappa shape index (κ3) is 7.20. The summed E-state index contributed by atoms with van der Waals surface area (Å²) in [4.78, 5) is 0. The average Bonchev–Trinajstić information content (AvgIpc) is 2.68. The largest absolute Gasteiger partial charge is 0.352 e. The van der Waals surface area contributed by atoms with E-state index >= 15 is 0 Å². The van der Waals surface area contributed by atoms with Crippen molar-refractivity contribution in [3.63, 3.8) is 0 Å². The lowest BCUT2D eigenvalue weighted by Gasteiger charge is -2.35. The molecule has 26 heavy (non-hydrogen) atoms. The van der Waals surface area contributed by atoms with Crippen molar-refractivity contribution in [3.05, 3.63) is 0 Å². The molecule has 0 bridgehead atoms. The van der Waals surface area contributed by atoms with Gasteiger partial charge in [0.15, 0.2) is 0 Å². The molecule has 0 unspecified atom stereocenters. The van der Waals surface area contributed by atoms with Crippen molar-refractivity contribution < 1.29 is 9.47 Å². The second kappa shape index (κ2) is 12.0. The quantitative estimate of drug-likeness (QED) is 0.301. The van der Waals surface area contributed by atoms with Crippen molar-refractivity contribution in [1.82, 2.24) is 0 Å². The topological polar surface area (TPSA) is 42.2 Å². The minimum absolute atomic E-state index is 0.0784. The predicted octanol–water partition coefficient (Wildman–Crippen LogP) is 6.76. The molecular formula is C23H41NO2. The molecule has 150 valence electrons. The number of nitriles is 1. The lowest BCUT2D eigenvalue weighted by atomic mass is 9.71. The molecule has 0 amide bonds. The molecule has 0 aliphatic heterocycles. The maximum atomic E-state index is 9.49. The summed E-state index contributed by atoms with van der Waals surface area (Å²) < 4.78 is 12.0. The molecule has 2 fully saturated rings. The monoisotopic (exact) mass is 363 g/mol. The van der Waals surface area contributed by atoms with Gasteiger partial charge in [-0.1, -0.05) is 52.4 Å². The fourth-order valence-corrected chi connectivity index (χ4v) is 4.89. The van der Waals surface area contributed by atoms with Gasteiger partial charge in [0.2, 0.25) is 0 Å². The highest BCUT2D eigenvalue weighted by Crippen LogP contribution is 2.40. The minimum Gasteiger partial charge on any atom is -0.352 e. The predicted molar refractivity (Wildman–Crippen MR) is 107 cm³/mol. The second-order valence-electron chi connectivity index (χ2n) is 8.78. The lowest BCUT2D eigenvalue weighted by Crippen LogP contribution is -2.31. The third-order valence-electron chi connectivity index (χ3n) is 6.72. The molecule has 0 saturated heterocycles. The molecule has 0 atom stereocenters. The summed E-state index contributed by atoms with van der Waals surface area (Å²) in [6.45, 7) is 4.91. The van der Waals surface area contributed by atoms with E-state index in [1.165, 1.54) is 57.8 Å². The molecule has 0 spiro atoms. The van der Waals surface area contributed by atoms with Crippen LogP contribution in [0.3, 0.4) is 0 Å². The summed E-state index contributed by atoms with van der Waals surface area (Å²) in [5.74, 6) is 0.934. The van der Waals surface area contributed by atoms with Gasteiger partial charge in [0.05, 0.1) is 23.7 Å². The molecule has 2 aliphatic rings. The maximum Gasteiger partial charge on any atom is 0.147 e. The van der Waals surface area contributed by atoms with Crippen molar-refractivity contribution >= 4 is 0 Å². The van der Waals surface area contributed by atoms with Crippen molar-refractivity contribution in [2.75, 3.05) is 6.79 Å². The number of hydrogen-bond donors (Lipinski definition) is 0. The van der Waals surface area contributed by atoms with Gasteiger partial charge in [0, 0.05) is 0 Å². The van der Waals surface area contributed by atoms with E-state index in [0.29, 0.717) is 19.0 Å². The Morgan fingerprint density at radius 1 is 0.846 bits per heavy atom. The van der Waals surface area contributed by atoms with Crippen LogP contribution in [0.25, 0.3) is 0 Å². The fourth-order valence-electron chi connectivity index (χ4n) is 4.89. The summed E-state index contributed by atoms with van der Waals surface area (Å²) in [5.41, 5.74) is -0.0784. The third-order valence-corrected chi connectivity index (χ3v) is 6.72. The molecule has 0 aromatic carbocycles. The average molecular weight is 364 g/mol. The van der Waals surface area contributed by atoms with Crippen LogP contribution in [0.15, 0.2) is 0 Å². The highest BCUT2D eigenvalue weighted by Gasteiger charge is 2.35. The summed E-state index contributed by atoms with van der Waals surface area (Å²) in [7, 11) is 0. The molecule has 0 N–H and O–H groups in total. The van der Waals surface area contributed by atoms with Gasteiger partial charge < -0.3 is 9.47 Å². The summed E-state index contributed by atoms with van der Waals surface area (Å²) >= 11 is 0. The molecule has 2 saturated carbocycles. The highest BCUT2D eigenvalue weighted by molar-refractivity contribution is 5.01. The van der Waals surface area contributed by atoms with Crippen molar-refractivity contribution in [3.8, 4) is 6.07 Å². The van der Waals surface area contributed by atoms with Gasteiger partial charge in [0.25, 0.3) is 0 Å². The van der Waals surface area contributed by atoms with E-state index in [9.17, 15) is 5.26 Å². The van der Waals surface area contributed by atoms with Crippen LogP contribution < -0.4 is 0 Å². The van der Waals surface area contributed by atoms with Gasteiger partial charge in [0.1, 0.15) is 6.79 Å². The Balaban J connectivity index is 1.53. The zero-order valence-corrected chi connectivity index (χ0v) is 17.3. The van der Waals surface area contributed by atoms with E-state index in [1.807, 2.05) is 0 Å². The number of rotatable bonds is 11. The van der Waals surface area contributed by atoms with E-state index < -0.39 is 0 Å². The van der Waals surface area contributed by atoms with E-state index in [4.69, 9.17) is 9.47 Å². The fraction of sp³-hybridized carbons (Fsp3) is 0.957. The Labute approximate surface area is 161 Å². The molecule has 0 heterocycles. The number of ether oxygens (including phenoxy) is 2. The highest BCUT2D eigenvalue weighted by atomic mass is 16.7. The number of nitrogens with zero attached hydrogens (tertiary/aromatic N) is 1. The molecule has 0 radical (unpaired) electrons. The normalized spacial score (nSPS) is 32.3. The molecule has 0 aromatic rings. The SMILES string of the molecule is CCCCCC[C@H]1CC[C@H](OCO[C@H]2CC[C@@](C#N)(CCC)CC2)CC1. The van der Waals surface area contributed by atoms with E-state index in [0.717, 1.165) is 44.4 Å². The zero-order chi connectivity index (χ0) is 18.7. The zero-order valence-electron chi connectivity index (χ0n) is 17.3. The lowest BCUT2D eigenvalue weighted by molar-refractivity contribution is -0.137. The molecule has 3 heteroatoms. The Bertz CT molecular complexity index is 401. The molecule has 3 nitrogen and oxygen atoms in total. The number of unbranched alkanes of at least 4 members (excludes halogenated alkanes) is 3. The van der Waals surface area contributed by atoms with Gasteiger partial charge >= 0.3 is 0 Å². The maximum absolute atomic E-state index is 9.49. The Morgan fingerprint density at radius 3 is 2.08 bits per heavy atom. The second-order valence-corrected chi connectivity index (χ2v) is 8.78. The van der Waals surface area contributed by atoms with Crippen LogP contribution >= 0.6 is 0 Å². The van der Waals surface area contributed by atoms with E-state index in [2.05, 4.69) is 19.9 Å². The first-order valence-corrected chi connectivity index (χ1v) is 11.4. The summed E-state index contributed by atoms with van der Waals surface area (Å²) in [6, 6.07) is 2.59. The van der Waals surface area contributed by atoms with Crippen LogP contribution in [-0.4, -0.2) is 19.0 Å². The van der Waals surface area contributed by atoms with Crippen LogP contribution in [-0.2, 0) is 9.47 Å². The Hall–Kier alpha value is -0.590. The van der Waals surface area contributed by atoms with Crippen molar-refractivity contribution in [1.29, 1.82) is 5.26 Å². The number of hydrogen-bond acceptors (Lipinski definition) is 3. The Kier molecular flexibility index (Phi) is 10.0. The van der Waals surface area contributed by atoms with Gasteiger partial charge in [-0.2, -0.15) is 5.26 Å². The van der Waals surface area contributed by atoms with Crippen molar-refractivity contribution in [2.24, 2.45) is 11.3 Å². The van der Waals surface area contributed by atoms with Crippen LogP contribution in [0.1, 0.15) is 110 Å². The molecule has 2 aliphatic carbocycles. The van der Waals surface area contributed by atoms with E-state index in [1.54, 1.807) is 0 Å². The van der Waals surface area contributed by atoms with Crippen LogP contribution in [0, 0.1) is 22.7 Å². The molecule has 0 aromatic heterocycles. The van der Waals surface area contributed by atoms with Crippen LogP contribution in [0.5, 0.6) is 0 Å². The first-order chi connectivity index (χ1) is 12.7. The minimum atomic E-state index is -0.0784. The Morgan fingerprint density at radius 2 is 1.50 bits per heavy atom. The van der Waals surface area contributed by atoms with Gasteiger partial charge in [-0.15, -0.1) is 0 Å². The standard InChI is InChI=1S/C23H41NO2/c1-3-5-6-7-8-20-9-11-21(12-10-20)25-19-26-22-13-16-23(18-24,15-4-2)17-14-22/h20-22H,3-17,19H2,1-2H3/t20-,21-,22-,23-. The van der Waals surface area contributed by atoms with Crippen molar-refractivity contribution in [2.45, 2.75) is 122 Å². The summed E-state index contributed by atoms with van der Waals surface area (Å²) in [6.07, 6.45) is 18.9. The molecule has 2 rings (SSSR count). The van der Waals surface area contributed by atoms with E-state index in [-0.39, 0.29) is 5.41 Å².